The van der Waals surface area contributed by atoms with Crippen LogP contribution in [0, 0.1) is 0 Å². The zero-order chi connectivity index (χ0) is 14.7. The summed E-state index contributed by atoms with van der Waals surface area (Å²) in [6.45, 7) is 3.36. The number of benzene rings is 1. The van der Waals surface area contributed by atoms with Crippen molar-refractivity contribution in [2.75, 3.05) is 31.1 Å². The molecule has 1 aromatic rings. The number of para-hydroxylation sites is 1. The highest BCUT2D eigenvalue weighted by Gasteiger charge is 2.24. The minimum absolute atomic E-state index is 0.119. The summed E-state index contributed by atoms with van der Waals surface area (Å²) in [5.41, 5.74) is 1.22. The van der Waals surface area contributed by atoms with E-state index in [1.165, 1.54) is 18.5 Å². The third-order valence-corrected chi connectivity index (χ3v) is 5.11. The van der Waals surface area contributed by atoms with Crippen molar-refractivity contribution < 1.29 is 4.79 Å². The molecule has 0 bridgehead atoms. The molecule has 0 spiro atoms. The molecule has 3 rings (SSSR count). The number of urea groups is 1. The van der Waals surface area contributed by atoms with Crippen LogP contribution in [0.2, 0.25) is 0 Å². The molecule has 0 aromatic heterocycles. The number of amides is 2. The Morgan fingerprint density at radius 3 is 2.43 bits per heavy atom. The number of nitrogens with one attached hydrogen (secondary N) is 1. The Kier molecular flexibility index (Phi) is 4.68. The SMILES string of the molecule is O=C(NC1CCCC1)N1CCN(c2ccccc2Br)CC1. The molecular formula is C16H22BrN3O. The second-order valence-electron chi connectivity index (χ2n) is 5.86. The predicted molar refractivity (Wildman–Crippen MR) is 88.7 cm³/mol. The minimum atomic E-state index is 0.119. The molecule has 1 aromatic carbocycles. The molecule has 1 aliphatic heterocycles. The molecule has 1 N–H and O–H groups in total. The fourth-order valence-corrected chi connectivity index (χ4v) is 3.73. The lowest BCUT2D eigenvalue weighted by Gasteiger charge is -2.37. The van der Waals surface area contributed by atoms with E-state index in [1.54, 1.807) is 0 Å². The average molecular weight is 352 g/mol. The minimum Gasteiger partial charge on any atom is -0.367 e. The third-order valence-electron chi connectivity index (χ3n) is 4.44. The van der Waals surface area contributed by atoms with E-state index in [4.69, 9.17) is 0 Å². The first-order valence-electron chi connectivity index (χ1n) is 7.79. The van der Waals surface area contributed by atoms with Crippen molar-refractivity contribution in [3.63, 3.8) is 0 Å². The van der Waals surface area contributed by atoms with Crippen molar-refractivity contribution in [1.82, 2.24) is 10.2 Å². The number of carbonyl (C=O) groups is 1. The van der Waals surface area contributed by atoms with Gasteiger partial charge < -0.3 is 15.1 Å². The lowest BCUT2D eigenvalue weighted by molar-refractivity contribution is 0.190. The van der Waals surface area contributed by atoms with Crippen LogP contribution in [-0.2, 0) is 0 Å². The summed E-state index contributed by atoms with van der Waals surface area (Å²) >= 11 is 3.60. The van der Waals surface area contributed by atoms with Gasteiger partial charge in [0.2, 0.25) is 0 Å². The lowest BCUT2D eigenvalue weighted by atomic mass is 10.2. The van der Waals surface area contributed by atoms with Gasteiger partial charge in [-0.15, -0.1) is 0 Å². The van der Waals surface area contributed by atoms with Crippen LogP contribution in [0.15, 0.2) is 28.7 Å². The Morgan fingerprint density at radius 1 is 1.10 bits per heavy atom. The van der Waals surface area contributed by atoms with Gasteiger partial charge in [-0.2, -0.15) is 0 Å². The molecule has 0 atom stereocenters. The highest BCUT2D eigenvalue weighted by Crippen LogP contribution is 2.26. The predicted octanol–water partition coefficient (Wildman–Crippen LogP) is 3.22. The fraction of sp³-hybridized carbons (Fsp3) is 0.562. The molecule has 1 saturated carbocycles. The normalized spacial score (nSPS) is 19.9. The summed E-state index contributed by atoms with van der Waals surface area (Å²) < 4.78 is 1.12. The van der Waals surface area contributed by atoms with E-state index in [-0.39, 0.29) is 6.03 Å². The first-order valence-corrected chi connectivity index (χ1v) is 8.58. The largest absolute Gasteiger partial charge is 0.367 e. The van der Waals surface area contributed by atoms with E-state index >= 15 is 0 Å². The zero-order valence-electron chi connectivity index (χ0n) is 12.2. The van der Waals surface area contributed by atoms with Gasteiger partial charge >= 0.3 is 6.03 Å². The summed E-state index contributed by atoms with van der Waals surface area (Å²) in [6, 6.07) is 8.79. The van der Waals surface area contributed by atoms with Crippen molar-refractivity contribution in [1.29, 1.82) is 0 Å². The van der Waals surface area contributed by atoms with Crippen LogP contribution in [-0.4, -0.2) is 43.2 Å². The van der Waals surface area contributed by atoms with Crippen molar-refractivity contribution in [3.8, 4) is 0 Å². The van der Waals surface area contributed by atoms with Crippen LogP contribution in [0.5, 0.6) is 0 Å². The molecule has 2 fully saturated rings. The first kappa shape index (κ1) is 14.7. The van der Waals surface area contributed by atoms with Gasteiger partial charge in [0.05, 0.1) is 5.69 Å². The summed E-state index contributed by atoms with van der Waals surface area (Å²) in [4.78, 5) is 16.5. The summed E-state index contributed by atoms with van der Waals surface area (Å²) in [7, 11) is 0. The number of hydrogen-bond donors (Lipinski definition) is 1. The van der Waals surface area contributed by atoms with E-state index in [1.807, 2.05) is 11.0 Å². The molecule has 2 aliphatic rings. The molecule has 0 radical (unpaired) electrons. The Hall–Kier alpha value is -1.23. The van der Waals surface area contributed by atoms with E-state index in [0.717, 1.165) is 43.5 Å². The highest BCUT2D eigenvalue weighted by molar-refractivity contribution is 9.10. The Balaban J connectivity index is 1.52. The molecule has 5 heteroatoms. The van der Waals surface area contributed by atoms with Crippen LogP contribution in [0.1, 0.15) is 25.7 Å². The lowest BCUT2D eigenvalue weighted by Crippen LogP contribution is -2.53. The third kappa shape index (κ3) is 3.51. The van der Waals surface area contributed by atoms with Crippen LogP contribution in [0.25, 0.3) is 0 Å². The number of hydrogen-bond acceptors (Lipinski definition) is 2. The molecule has 1 heterocycles. The van der Waals surface area contributed by atoms with Crippen LogP contribution < -0.4 is 10.2 Å². The van der Waals surface area contributed by atoms with Gasteiger partial charge in [-0.05, 0) is 40.9 Å². The molecule has 0 unspecified atom stereocenters. The number of carbonyl (C=O) groups excluding carboxylic acids is 1. The molecular weight excluding hydrogens is 330 g/mol. The number of rotatable bonds is 2. The van der Waals surface area contributed by atoms with E-state index < -0.39 is 0 Å². The number of halogens is 1. The van der Waals surface area contributed by atoms with Crippen LogP contribution >= 0.6 is 15.9 Å². The van der Waals surface area contributed by atoms with E-state index in [9.17, 15) is 4.79 Å². The molecule has 2 amide bonds. The van der Waals surface area contributed by atoms with E-state index in [2.05, 4.69) is 44.3 Å². The standard InChI is InChI=1S/C16H22BrN3O/c17-14-7-3-4-8-15(14)19-9-11-20(12-10-19)16(21)18-13-5-1-2-6-13/h3-4,7-8,13H,1-2,5-6,9-12H2,(H,18,21). The molecule has 1 saturated heterocycles. The van der Waals surface area contributed by atoms with Gasteiger partial charge in [0, 0.05) is 36.7 Å². The maximum atomic E-state index is 12.3. The summed E-state index contributed by atoms with van der Waals surface area (Å²) in [5.74, 6) is 0. The second-order valence-corrected chi connectivity index (χ2v) is 6.71. The average Bonchev–Trinajstić information content (AvgIpc) is 3.01. The van der Waals surface area contributed by atoms with Gasteiger partial charge in [0.15, 0.2) is 0 Å². The van der Waals surface area contributed by atoms with Gasteiger partial charge in [-0.3, -0.25) is 0 Å². The molecule has 21 heavy (non-hydrogen) atoms. The van der Waals surface area contributed by atoms with Crippen molar-refractivity contribution in [2.45, 2.75) is 31.7 Å². The maximum absolute atomic E-state index is 12.3. The van der Waals surface area contributed by atoms with Crippen LogP contribution in [0.3, 0.4) is 0 Å². The second kappa shape index (κ2) is 6.69. The van der Waals surface area contributed by atoms with Crippen molar-refractivity contribution in [2.24, 2.45) is 0 Å². The van der Waals surface area contributed by atoms with Gasteiger partial charge in [0.1, 0.15) is 0 Å². The van der Waals surface area contributed by atoms with Gasteiger partial charge in [-0.1, -0.05) is 25.0 Å². The van der Waals surface area contributed by atoms with Crippen LogP contribution in [0.4, 0.5) is 10.5 Å². The van der Waals surface area contributed by atoms with E-state index in [0.29, 0.717) is 6.04 Å². The van der Waals surface area contributed by atoms with Gasteiger partial charge in [-0.25, -0.2) is 4.79 Å². The summed E-state index contributed by atoms with van der Waals surface area (Å²) in [6.07, 6.45) is 4.78. The Labute approximate surface area is 134 Å². The Bertz CT molecular complexity index is 494. The Morgan fingerprint density at radius 2 is 1.76 bits per heavy atom. The van der Waals surface area contributed by atoms with Crippen molar-refractivity contribution in [3.05, 3.63) is 28.7 Å². The maximum Gasteiger partial charge on any atom is 0.317 e. The zero-order valence-corrected chi connectivity index (χ0v) is 13.8. The summed E-state index contributed by atoms with van der Waals surface area (Å²) in [5, 5.41) is 3.17. The smallest absolute Gasteiger partial charge is 0.317 e. The quantitative estimate of drug-likeness (QED) is 0.887. The monoisotopic (exact) mass is 351 g/mol. The molecule has 114 valence electrons. The number of piperazine rings is 1. The number of nitrogens with zero attached hydrogens (tertiary/aromatic N) is 2. The van der Waals surface area contributed by atoms with Gasteiger partial charge in [0.25, 0.3) is 0 Å². The topological polar surface area (TPSA) is 35.6 Å². The number of anilines is 1. The first-order chi connectivity index (χ1) is 10.2. The highest BCUT2D eigenvalue weighted by atomic mass is 79.9. The molecule has 1 aliphatic carbocycles. The fourth-order valence-electron chi connectivity index (χ4n) is 3.19. The van der Waals surface area contributed by atoms with Crippen molar-refractivity contribution >= 4 is 27.6 Å². The molecule has 4 nitrogen and oxygen atoms in total.